The third-order valence-corrected chi connectivity index (χ3v) is 3.38. The van der Waals surface area contributed by atoms with Crippen LogP contribution in [0.25, 0.3) is 0 Å². The molecule has 1 unspecified atom stereocenters. The number of aromatic nitrogens is 1. The van der Waals surface area contributed by atoms with Crippen LogP contribution < -0.4 is 0 Å². The Morgan fingerprint density at radius 2 is 2.11 bits per heavy atom. The summed E-state index contributed by atoms with van der Waals surface area (Å²) in [6, 6.07) is 6.43. The first-order chi connectivity index (χ1) is 8.99. The molecule has 0 saturated carbocycles. The highest BCUT2D eigenvalue weighted by atomic mass is 35.5. The highest BCUT2D eigenvalue weighted by Gasteiger charge is 2.17. The zero-order chi connectivity index (χ0) is 14.0. The van der Waals surface area contributed by atoms with Crippen LogP contribution in [0.3, 0.4) is 0 Å². The van der Waals surface area contributed by atoms with Crippen LogP contribution in [0.2, 0.25) is 5.02 Å². The van der Waals surface area contributed by atoms with Gasteiger partial charge in [0, 0.05) is 23.2 Å². The molecule has 1 heterocycles. The van der Waals surface area contributed by atoms with Crippen LogP contribution in [0, 0.1) is 19.7 Å². The number of pyridine rings is 1. The fourth-order valence-corrected chi connectivity index (χ4v) is 2.33. The number of hydrogen-bond acceptors (Lipinski definition) is 2. The van der Waals surface area contributed by atoms with Crippen molar-refractivity contribution in [2.75, 3.05) is 0 Å². The molecule has 0 spiro atoms. The van der Waals surface area contributed by atoms with Gasteiger partial charge in [0.05, 0.1) is 5.69 Å². The molecule has 0 saturated heterocycles. The van der Waals surface area contributed by atoms with Crippen molar-refractivity contribution in [3.63, 3.8) is 0 Å². The Morgan fingerprint density at radius 1 is 1.37 bits per heavy atom. The van der Waals surface area contributed by atoms with Crippen molar-refractivity contribution in [1.82, 2.24) is 4.98 Å². The standard InChI is InChI=1S/C15H15ClFNO/c1-9-6-10(2)15(18-8-9)14(19)7-11-12(16)4-3-5-13(11)17/h3-6,8,14,19H,7H2,1-2H3. The molecule has 1 aromatic heterocycles. The van der Waals surface area contributed by atoms with Crippen molar-refractivity contribution in [3.05, 3.63) is 63.7 Å². The van der Waals surface area contributed by atoms with E-state index in [1.54, 1.807) is 18.3 Å². The third-order valence-electron chi connectivity index (χ3n) is 3.03. The summed E-state index contributed by atoms with van der Waals surface area (Å²) in [5.41, 5.74) is 2.79. The van der Waals surface area contributed by atoms with Gasteiger partial charge in [-0.05, 0) is 37.1 Å². The molecule has 100 valence electrons. The van der Waals surface area contributed by atoms with Gasteiger partial charge in [-0.15, -0.1) is 0 Å². The Labute approximate surface area is 116 Å². The van der Waals surface area contributed by atoms with Crippen LogP contribution in [0.4, 0.5) is 4.39 Å². The van der Waals surface area contributed by atoms with E-state index in [1.807, 2.05) is 19.9 Å². The minimum absolute atomic E-state index is 0.113. The molecule has 0 bridgehead atoms. The monoisotopic (exact) mass is 279 g/mol. The SMILES string of the molecule is Cc1cnc(C(O)Cc2c(F)cccc2Cl)c(C)c1. The summed E-state index contributed by atoms with van der Waals surface area (Å²) in [7, 11) is 0. The van der Waals surface area contributed by atoms with Crippen molar-refractivity contribution >= 4 is 11.6 Å². The topological polar surface area (TPSA) is 33.1 Å². The van der Waals surface area contributed by atoms with E-state index in [-0.39, 0.29) is 6.42 Å². The van der Waals surface area contributed by atoms with Crippen LogP contribution in [-0.4, -0.2) is 10.1 Å². The molecule has 2 rings (SSSR count). The number of aryl methyl sites for hydroxylation is 2. The molecule has 0 fully saturated rings. The highest BCUT2D eigenvalue weighted by molar-refractivity contribution is 6.31. The summed E-state index contributed by atoms with van der Waals surface area (Å²) in [5, 5.41) is 10.5. The molecule has 19 heavy (non-hydrogen) atoms. The van der Waals surface area contributed by atoms with Crippen LogP contribution in [0.15, 0.2) is 30.5 Å². The predicted octanol–water partition coefficient (Wildman–Crippen LogP) is 3.77. The molecule has 0 radical (unpaired) electrons. The summed E-state index contributed by atoms with van der Waals surface area (Å²) in [5.74, 6) is -0.406. The summed E-state index contributed by atoms with van der Waals surface area (Å²) < 4.78 is 13.7. The van der Waals surface area contributed by atoms with Crippen LogP contribution >= 0.6 is 11.6 Å². The van der Waals surface area contributed by atoms with Crippen LogP contribution in [0.5, 0.6) is 0 Å². The third kappa shape index (κ3) is 3.11. The average Bonchev–Trinajstić information content (AvgIpc) is 2.33. The molecule has 0 amide bonds. The second-order valence-corrected chi connectivity index (χ2v) is 5.04. The number of nitrogens with zero attached hydrogens (tertiary/aromatic N) is 1. The summed E-state index contributed by atoms with van der Waals surface area (Å²) in [6.07, 6.45) is 0.937. The van der Waals surface area contributed by atoms with Gasteiger partial charge in [0.1, 0.15) is 11.9 Å². The largest absolute Gasteiger partial charge is 0.386 e. The van der Waals surface area contributed by atoms with Gasteiger partial charge < -0.3 is 5.11 Å². The van der Waals surface area contributed by atoms with Crippen LogP contribution in [0.1, 0.15) is 28.5 Å². The first-order valence-corrected chi connectivity index (χ1v) is 6.41. The van der Waals surface area contributed by atoms with Crippen molar-refractivity contribution < 1.29 is 9.50 Å². The quantitative estimate of drug-likeness (QED) is 0.928. The van der Waals surface area contributed by atoms with Gasteiger partial charge in [-0.3, -0.25) is 4.98 Å². The Kier molecular flexibility index (Phi) is 4.17. The molecule has 0 aliphatic carbocycles. The maximum absolute atomic E-state index is 13.7. The Hall–Kier alpha value is -1.45. The molecule has 2 nitrogen and oxygen atoms in total. The number of aliphatic hydroxyl groups excluding tert-OH is 1. The van der Waals surface area contributed by atoms with E-state index in [1.165, 1.54) is 6.07 Å². The van der Waals surface area contributed by atoms with Crippen molar-refractivity contribution in [2.45, 2.75) is 26.4 Å². The van der Waals surface area contributed by atoms with Gasteiger partial charge >= 0.3 is 0 Å². The van der Waals surface area contributed by atoms with Gasteiger partial charge in [-0.1, -0.05) is 23.7 Å². The smallest absolute Gasteiger partial charge is 0.127 e. The van der Waals surface area contributed by atoms with Crippen molar-refractivity contribution in [2.24, 2.45) is 0 Å². The number of benzene rings is 1. The first kappa shape index (κ1) is 14.0. The maximum atomic E-state index is 13.7. The lowest BCUT2D eigenvalue weighted by molar-refractivity contribution is 0.171. The molecular weight excluding hydrogens is 265 g/mol. The Bertz CT molecular complexity index is 580. The lowest BCUT2D eigenvalue weighted by Crippen LogP contribution is -2.08. The van der Waals surface area contributed by atoms with E-state index < -0.39 is 11.9 Å². The lowest BCUT2D eigenvalue weighted by atomic mass is 10.0. The van der Waals surface area contributed by atoms with E-state index in [0.29, 0.717) is 16.3 Å². The zero-order valence-electron chi connectivity index (χ0n) is 10.8. The number of aliphatic hydroxyl groups is 1. The van der Waals surface area contributed by atoms with Gasteiger partial charge in [0.15, 0.2) is 0 Å². The van der Waals surface area contributed by atoms with E-state index >= 15 is 0 Å². The van der Waals surface area contributed by atoms with Gasteiger partial charge in [-0.25, -0.2) is 4.39 Å². The average molecular weight is 280 g/mol. The number of rotatable bonds is 3. The fourth-order valence-electron chi connectivity index (χ4n) is 2.09. The Morgan fingerprint density at radius 3 is 2.74 bits per heavy atom. The van der Waals surface area contributed by atoms with E-state index in [9.17, 15) is 9.50 Å². The molecular formula is C15H15ClFNO. The van der Waals surface area contributed by atoms with Gasteiger partial charge in [0.25, 0.3) is 0 Å². The van der Waals surface area contributed by atoms with Crippen molar-refractivity contribution in [3.8, 4) is 0 Å². The normalized spacial score (nSPS) is 12.5. The second kappa shape index (κ2) is 5.68. The summed E-state index contributed by atoms with van der Waals surface area (Å²) in [6.45, 7) is 3.81. The van der Waals surface area contributed by atoms with Crippen LogP contribution in [-0.2, 0) is 6.42 Å². The molecule has 0 aliphatic rings. The summed E-state index contributed by atoms with van der Waals surface area (Å²) in [4.78, 5) is 4.22. The molecule has 1 atom stereocenters. The van der Waals surface area contributed by atoms with Gasteiger partial charge in [0.2, 0.25) is 0 Å². The number of halogens is 2. The molecule has 2 aromatic rings. The molecule has 1 aromatic carbocycles. The zero-order valence-corrected chi connectivity index (χ0v) is 11.6. The maximum Gasteiger partial charge on any atom is 0.127 e. The van der Waals surface area contributed by atoms with Crippen molar-refractivity contribution in [1.29, 1.82) is 0 Å². The summed E-state index contributed by atoms with van der Waals surface area (Å²) >= 11 is 5.95. The lowest BCUT2D eigenvalue weighted by Gasteiger charge is -2.14. The predicted molar refractivity (Wildman–Crippen MR) is 73.8 cm³/mol. The first-order valence-electron chi connectivity index (χ1n) is 6.03. The Balaban J connectivity index is 2.28. The van der Waals surface area contributed by atoms with E-state index in [0.717, 1.165) is 11.1 Å². The molecule has 4 heteroatoms. The fraction of sp³-hybridized carbons (Fsp3) is 0.267. The number of hydrogen-bond donors (Lipinski definition) is 1. The van der Waals surface area contributed by atoms with Gasteiger partial charge in [-0.2, -0.15) is 0 Å². The van der Waals surface area contributed by atoms with E-state index in [4.69, 9.17) is 11.6 Å². The van der Waals surface area contributed by atoms with E-state index in [2.05, 4.69) is 4.98 Å². The minimum Gasteiger partial charge on any atom is -0.386 e. The second-order valence-electron chi connectivity index (χ2n) is 4.63. The molecule has 0 aliphatic heterocycles. The minimum atomic E-state index is -0.866. The highest BCUT2D eigenvalue weighted by Crippen LogP contribution is 2.26. The molecule has 1 N–H and O–H groups in total.